The molecule has 1 nitrogen and oxygen atoms in total. The second-order valence-electron chi connectivity index (χ2n) is 5.97. The van der Waals surface area contributed by atoms with E-state index < -0.39 is 0 Å². The number of hydrogen-bond acceptors (Lipinski definition) is 1. The zero-order valence-electron chi connectivity index (χ0n) is 13.6. The molecule has 1 heterocycles. The van der Waals surface area contributed by atoms with Crippen molar-refractivity contribution >= 4 is 14.8 Å². The fourth-order valence-corrected chi connectivity index (χ4v) is 3.78. The van der Waals surface area contributed by atoms with Crippen LogP contribution in [0.5, 0.6) is 0 Å². The molecule has 0 aliphatic heterocycles. The Morgan fingerprint density at radius 3 is 2.82 bits per heavy atom. The topological polar surface area (TPSA) is 12.9 Å². The van der Waals surface area contributed by atoms with Crippen LogP contribution in [0.3, 0.4) is 0 Å². The monoisotopic (exact) mass is 317 g/mol. The summed E-state index contributed by atoms with van der Waals surface area (Å²) in [6.07, 6.45) is 9.31. The van der Waals surface area contributed by atoms with Gasteiger partial charge in [-0.15, -0.1) is 9.24 Å². The predicted octanol–water partition coefficient (Wildman–Crippen LogP) is 5.78. The van der Waals surface area contributed by atoms with Crippen molar-refractivity contribution < 1.29 is 4.39 Å². The summed E-state index contributed by atoms with van der Waals surface area (Å²) in [6, 6.07) is 5.93. The largest absolute Gasteiger partial charge is 0.257 e. The molecular weight excluding hydrogens is 292 g/mol. The minimum Gasteiger partial charge on any atom is -0.257 e. The first kappa shape index (κ1) is 17.1. The first-order valence-electron chi connectivity index (χ1n) is 7.98. The van der Waals surface area contributed by atoms with Crippen molar-refractivity contribution in [2.24, 2.45) is 17.8 Å². The molecule has 2 rings (SSSR count). The number of nitrogens with zero attached hydrogens (tertiary/aromatic N) is 1. The van der Waals surface area contributed by atoms with E-state index in [1.54, 1.807) is 12.3 Å². The maximum atomic E-state index is 14.1. The SMILES string of the molecule is CC=CC(C(C)CC)C1CC(F)=CC(P)=C1c1ccccn1. The second kappa shape index (κ2) is 7.83. The molecule has 4 unspecified atom stereocenters. The third kappa shape index (κ3) is 3.73. The minimum absolute atomic E-state index is 0.0347. The lowest BCUT2D eigenvalue weighted by atomic mass is 9.72. The van der Waals surface area contributed by atoms with E-state index in [1.165, 1.54) is 0 Å². The third-order valence-corrected chi connectivity index (χ3v) is 5.01. The van der Waals surface area contributed by atoms with E-state index in [9.17, 15) is 4.39 Å². The highest BCUT2D eigenvalue weighted by Gasteiger charge is 2.32. The molecular formula is C19H25FNP. The van der Waals surface area contributed by atoms with Crippen LogP contribution in [0.15, 0.2) is 53.8 Å². The Labute approximate surface area is 135 Å². The van der Waals surface area contributed by atoms with E-state index in [0.717, 1.165) is 23.0 Å². The van der Waals surface area contributed by atoms with Gasteiger partial charge in [-0.25, -0.2) is 4.39 Å². The van der Waals surface area contributed by atoms with Crippen molar-refractivity contribution in [2.45, 2.75) is 33.6 Å². The van der Waals surface area contributed by atoms with Gasteiger partial charge in [0.15, 0.2) is 0 Å². The molecule has 0 saturated heterocycles. The van der Waals surface area contributed by atoms with Gasteiger partial charge in [0.1, 0.15) is 5.83 Å². The highest BCUT2D eigenvalue weighted by atomic mass is 31.0. The van der Waals surface area contributed by atoms with Crippen molar-refractivity contribution in [3.63, 3.8) is 0 Å². The molecule has 1 aliphatic rings. The molecule has 0 radical (unpaired) electrons. The van der Waals surface area contributed by atoms with Crippen molar-refractivity contribution in [1.29, 1.82) is 0 Å². The molecule has 0 bridgehead atoms. The standard InChI is InChI=1S/C19H25FNP/c1-4-8-15(13(3)5-2)16-11-14(20)12-18(22)19(16)17-9-6-7-10-21-17/h4,6-10,12-13,15-16H,5,11,22H2,1-3H3. The van der Waals surface area contributed by atoms with Crippen LogP contribution in [0, 0.1) is 17.8 Å². The summed E-state index contributed by atoms with van der Waals surface area (Å²) in [4.78, 5) is 4.51. The van der Waals surface area contributed by atoms with Crippen LogP contribution in [0.4, 0.5) is 4.39 Å². The van der Waals surface area contributed by atoms with Gasteiger partial charge in [-0.3, -0.25) is 4.98 Å². The molecule has 1 aromatic heterocycles. The number of allylic oxidation sites excluding steroid dienone is 6. The predicted molar refractivity (Wildman–Crippen MR) is 95.9 cm³/mol. The van der Waals surface area contributed by atoms with E-state index in [1.807, 2.05) is 25.1 Å². The Kier molecular flexibility index (Phi) is 6.08. The molecule has 118 valence electrons. The minimum atomic E-state index is -0.0347. The summed E-state index contributed by atoms with van der Waals surface area (Å²) in [5.74, 6) is 0.927. The summed E-state index contributed by atoms with van der Waals surface area (Å²) >= 11 is 0. The highest BCUT2D eigenvalue weighted by Crippen LogP contribution is 2.45. The maximum Gasteiger partial charge on any atom is 0.101 e. The Hall–Kier alpha value is -1.27. The van der Waals surface area contributed by atoms with Gasteiger partial charge in [-0.1, -0.05) is 38.5 Å². The van der Waals surface area contributed by atoms with E-state index >= 15 is 0 Å². The van der Waals surface area contributed by atoms with Crippen molar-refractivity contribution in [3.8, 4) is 0 Å². The Morgan fingerprint density at radius 1 is 1.45 bits per heavy atom. The molecule has 0 fully saturated rings. The maximum absolute atomic E-state index is 14.1. The molecule has 3 heteroatoms. The molecule has 0 saturated carbocycles. The van der Waals surface area contributed by atoms with E-state index in [-0.39, 0.29) is 11.7 Å². The smallest absolute Gasteiger partial charge is 0.101 e. The fourth-order valence-electron chi connectivity index (χ4n) is 3.23. The third-order valence-electron chi connectivity index (χ3n) is 4.53. The molecule has 0 N–H and O–H groups in total. The van der Waals surface area contributed by atoms with Gasteiger partial charge >= 0.3 is 0 Å². The summed E-state index contributed by atoms with van der Waals surface area (Å²) in [5.41, 5.74) is 2.12. The van der Waals surface area contributed by atoms with Crippen LogP contribution in [0.25, 0.3) is 5.57 Å². The van der Waals surface area contributed by atoms with Crippen molar-refractivity contribution in [1.82, 2.24) is 4.98 Å². The van der Waals surface area contributed by atoms with Crippen molar-refractivity contribution in [3.05, 3.63) is 59.5 Å². The van der Waals surface area contributed by atoms with E-state index in [4.69, 9.17) is 0 Å². The summed E-state index contributed by atoms with van der Waals surface area (Å²) in [6.45, 7) is 6.48. The lowest BCUT2D eigenvalue weighted by Gasteiger charge is -2.33. The molecule has 0 aromatic carbocycles. The second-order valence-corrected chi connectivity index (χ2v) is 6.60. The number of rotatable bonds is 5. The Morgan fingerprint density at radius 2 is 2.23 bits per heavy atom. The molecule has 4 atom stereocenters. The Bertz CT molecular complexity index is 589. The Balaban J connectivity index is 2.50. The first-order chi connectivity index (χ1) is 10.6. The lowest BCUT2D eigenvalue weighted by Crippen LogP contribution is -2.24. The molecule has 22 heavy (non-hydrogen) atoms. The van der Waals surface area contributed by atoms with Gasteiger partial charge in [0, 0.05) is 12.6 Å². The molecule has 0 spiro atoms. The first-order valence-corrected chi connectivity index (χ1v) is 8.56. The van der Waals surface area contributed by atoms with Crippen LogP contribution in [-0.4, -0.2) is 4.98 Å². The van der Waals surface area contributed by atoms with Gasteiger partial charge in [0.05, 0.1) is 5.69 Å². The van der Waals surface area contributed by atoms with Crippen LogP contribution in [-0.2, 0) is 0 Å². The van der Waals surface area contributed by atoms with E-state index in [2.05, 4.69) is 40.2 Å². The van der Waals surface area contributed by atoms with Gasteiger partial charge < -0.3 is 0 Å². The lowest BCUT2D eigenvalue weighted by molar-refractivity contribution is 0.323. The summed E-state index contributed by atoms with van der Waals surface area (Å²) < 4.78 is 14.1. The molecule has 1 aromatic rings. The summed E-state index contributed by atoms with van der Waals surface area (Å²) in [5, 5.41) is 0.922. The number of aromatic nitrogens is 1. The van der Waals surface area contributed by atoms with Crippen LogP contribution < -0.4 is 0 Å². The van der Waals surface area contributed by atoms with Gasteiger partial charge in [0.25, 0.3) is 0 Å². The van der Waals surface area contributed by atoms with E-state index in [0.29, 0.717) is 18.3 Å². The number of halogens is 1. The van der Waals surface area contributed by atoms with Crippen LogP contribution in [0.2, 0.25) is 0 Å². The normalized spacial score (nSPS) is 21.9. The van der Waals surface area contributed by atoms with Gasteiger partial charge in [-0.05, 0) is 53.8 Å². The number of pyridine rings is 1. The average molecular weight is 317 g/mol. The van der Waals surface area contributed by atoms with Crippen LogP contribution >= 0.6 is 9.24 Å². The average Bonchev–Trinajstić information content (AvgIpc) is 2.52. The van der Waals surface area contributed by atoms with Crippen molar-refractivity contribution in [2.75, 3.05) is 0 Å². The molecule has 1 aliphatic carbocycles. The summed E-state index contributed by atoms with van der Waals surface area (Å²) in [7, 11) is 2.69. The van der Waals surface area contributed by atoms with Crippen LogP contribution in [0.1, 0.15) is 39.3 Å². The van der Waals surface area contributed by atoms with Gasteiger partial charge in [0.2, 0.25) is 0 Å². The zero-order chi connectivity index (χ0) is 16.1. The molecule has 0 amide bonds. The quantitative estimate of drug-likeness (QED) is 0.495. The highest BCUT2D eigenvalue weighted by molar-refractivity contribution is 7.23. The van der Waals surface area contributed by atoms with Gasteiger partial charge in [-0.2, -0.15) is 0 Å². The number of hydrogen-bond donors (Lipinski definition) is 0. The fraction of sp³-hybridized carbons (Fsp3) is 0.421. The zero-order valence-corrected chi connectivity index (χ0v) is 14.7.